The highest BCUT2D eigenvalue weighted by atomic mass is 32.1. The van der Waals surface area contributed by atoms with E-state index < -0.39 is 157 Å². The number of amides is 6. The van der Waals surface area contributed by atoms with Gasteiger partial charge < -0.3 is 57.4 Å². The first-order valence-electron chi connectivity index (χ1n) is 19.6. The van der Waals surface area contributed by atoms with Gasteiger partial charge in [-0.25, -0.2) is 4.79 Å². The van der Waals surface area contributed by atoms with Gasteiger partial charge in [-0.2, -0.15) is 12.6 Å². The van der Waals surface area contributed by atoms with Gasteiger partial charge in [0.05, 0.1) is 6.42 Å². The fraction of sp³-hybridized carbons (Fsp3) is 0.415. The number of Topliss-reactive ketones (excluding diaryl/α,β-unsaturated/α-hetero) is 1. The summed E-state index contributed by atoms with van der Waals surface area (Å²) in [5.74, 6) is -22.1. The van der Waals surface area contributed by atoms with E-state index in [9.17, 15) is 78.0 Å². The number of ketones is 1. The van der Waals surface area contributed by atoms with E-state index in [0.29, 0.717) is 11.1 Å². The molecule has 6 atom stereocenters. The van der Waals surface area contributed by atoms with E-state index in [1.165, 1.54) is 13.8 Å². The van der Waals surface area contributed by atoms with Gasteiger partial charge in [-0.1, -0.05) is 74.5 Å². The van der Waals surface area contributed by atoms with Gasteiger partial charge >= 0.3 is 29.8 Å². The van der Waals surface area contributed by atoms with Crippen LogP contribution in [0.2, 0.25) is 0 Å². The fourth-order valence-corrected chi connectivity index (χ4v) is 6.58. The Kier molecular flexibility index (Phi) is 21.2. The molecule has 0 bridgehead atoms. The SMILES string of the molecule is CC(=O)N[C@@H](CC(=O)O)C(=O)N[C@H](CC(C(=O)O)C(=O)O)C(=O)N[C@H](C(=O)N[C@@H](CCC(=O)O)C(=O)N[C@H](C(=O)N[C@@H](CS)C(=O)C(=O)O)C(C)C)C(c1ccccc1)c1ccccc1. The summed E-state index contributed by atoms with van der Waals surface area (Å²) in [6, 6.07) is 4.84. The molecule has 11 N–H and O–H groups in total. The molecule has 65 heavy (non-hydrogen) atoms. The van der Waals surface area contributed by atoms with Crippen LogP contribution in [0.4, 0.5) is 0 Å². The maximum absolute atomic E-state index is 14.7. The van der Waals surface area contributed by atoms with E-state index in [2.05, 4.69) is 44.5 Å². The van der Waals surface area contributed by atoms with Crippen molar-refractivity contribution in [3.63, 3.8) is 0 Å². The monoisotopic (exact) mass is 930 g/mol. The molecule has 0 aromatic heterocycles. The van der Waals surface area contributed by atoms with Crippen molar-refractivity contribution < 1.29 is 83.1 Å². The molecule has 2 aromatic rings. The second-order valence-corrected chi connectivity index (χ2v) is 15.2. The zero-order valence-corrected chi connectivity index (χ0v) is 36.0. The number of aliphatic carboxylic acids is 5. The number of thiol groups is 1. The molecule has 0 saturated heterocycles. The average Bonchev–Trinajstić information content (AvgIpc) is 3.23. The Balaban J connectivity index is 2.78. The third kappa shape index (κ3) is 17.0. The minimum Gasteiger partial charge on any atom is -0.481 e. The number of nitrogens with one attached hydrogen (secondary N) is 6. The normalized spacial score (nSPS) is 13.7. The van der Waals surface area contributed by atoms with E-state index in [0.717, 1.165) is 6.92 Å². The highest BCUT2D eigenvalue weighted by molar-refractivity contribution is 7.80. The van der Waals surface area contributed by atoms with Gasteiger partial charge in [-0.15, -0.1) is 0 Å². The number of hydrogen-bond donors (Lipinski definition) is 12. The summed E-state index contributed by atoms with van der Waals surface area (Å²) in [4.78, 5) is 152. The van der Waals surface area contributed by atoms with Crippen molar-refractivity contribution in [3.8, 4) is 0 Å². The van der Waals surface area contributed by atoms with E-state index in [-0.39, 0.29) is 0 Å². The molecule has 2 rings (SSSR count). The van der Waals surface area contributed by atoms with Crippen LogP contribution in [0.3, 0.4) is 0 Å². The molecule has 2 aromatic carbocycles. The molecule has 0 aliphatic heterocycles. The summed E-state index contributed by atoms with van der Waals surface area (Å²) < 4.78 is 0. The van der Waals surface area contributed by atoms with Crippen molar-refractivity contribution in [1.82, 2.24) is 31.9 Å². The predicted octanol–water partition coefficient (Wildman–Crippen LogP) is -1.50. The van der Waals surface area contributed by atoms with Crippen molar-refractivity contribution in [2.24, 2.45) is 11.8 Å². The van der Waals surface area contributed by atoms with Crippen molar-refractivity contribution in [1.29, 1.82) is 0 Å². The van der Waals surface area contributed by atoms with Crippen LogP contribution in [-0.2, 0) is 57.5 Å². The number of carboxylic acids is 5. The number of benzene rings is 2. The van der Waals surface area contributed by atoms with E-state index in [4.69, 9.17) is 5.11 Å². The van der Waals surface area contributed by atoms with E-state index in [1.54, 1.807) is 60.7 Å². The summed E-state index contributed by atoms with van der Waals surface area (Å²) in [6.45, 7) is 3.88. The van der Waals surface area contributed by atoms with Gasteiger partial charge in [-0.3, -0.25) is 52.7 Å². The van der Waals surface area contributed by atoms with E-state index >= 15 is 0 Å². The highest BCUT2D eigenvalue weighted by Crippen LogP contribution is 2.29. The molecule has 0 saturated carbocycles. The summed E-state index contributed by atoms with van der Waals surface area (Å²) in [5.41, 5.74) is 0.664. The Morgan fingerprint density at radius 2 is 0.985 bits per heavy atom. The second kappa shape index (κ2) is 25.7. The summed E-state index contributed by atoms with van der Waals surface area (Å²) in [6.07, 6.45) is -3.61. The van der Waals surface area contributed by atoms with Gasteiger partial charge in [0.15, 0.2) is 5.92 Å². The second-order valence-electron chi connectivity index (χ2n) is 14.8. The number of carbonyl (C=O) groups excluding carboxylic acids is 7. The lowest BCUT2D eigenvalue weighted by Gasteiger charge is -2.32. The third-order valence-electron chi connectivity index (χ3n) is 9.56. The van der Waals surface area contributed by atoms with Crippen molar-refractivity contribution in [2.45, 2.75) is 88.6 Å². The Morgan fingerprint density at radius 3 is 1.42 bits per heavy atom. The van der Waals surface area contributed by atoms with Crippen LogP contribution < -0.4 is 31.9 Å². The molecule has 0 spiro atoms. The van der Waals surface area contributed by atoms with Crippen LogP contribution in [0.1, 0.15) is 63.5 Å². The number of hydrogen-bond acceptors (Lipinski definition) is 13. The molecule has 6 amide bonds. The molecule has 0 fully saturated rings. The van der Waals surface area contributed by atoms with Crippen molar-refractivity contribution in [3.05, 3.63) is 71.8 Å². The molecule has 0 unspecified atom stereocenters. The zero-order chi connectivity index (χ0) is 49.1. The molecule has 24 heteroatoms. The predicted molar refractivity (Wildman–Crippen MR) is 226 cm³/mol. The van der Waals surface area contributed by atoms with Crippen LogP contribution in [0.5, 0.6) is 0 Å². The third-order valence-corrected chi connectivity index (χ3v) is 9.92. The van der Waals surface area contributed by atoms with Crippen molar-refractivity contribution in [2.75, 3.05) is 5.75 Å². The molecule has 0 aliphatic rings. The van der Waals surface area contributed by atoms with Crippen LogP contribution in [0.15, 0.2) is 60.7 Å². The van der Waals surface area contributed by atoms with Gasteiger partial charge in [0.1, 0.15) is 36.3 Å². The first-order chi connectivity index (χ1) is 30.5. The van der Waals surface area contributed by atoms with Crippen molar-refractivity contribution >= 4 is 83.7 Å². The Hall–Kier alpha value is -7.37. The molecular weight excluding hydrogens is 881 g/mol. The average molecular weight is 931 g/mol. The number of rotatable bonds is 27. The topological polar surface area (TPSA) is 378 Å². The minimum absolute atomic E-state index is 0.332. The lowest BCUT2D eigenvalue weighted by Crippen LogP contribution is -2.61. The van der Waals surface area contributed by atoms with Crippen LogP contribution >= 0.6 is 12.6 Å². The lowest BCUT2D eigenvalue weighted by atomic mass is 9.84. The first kappa shape index (κ1) is 53.8. The Bertz CT molecular complexity index is 2040. The smallest absolute Gasteiger partial charge is 0.374 e. The standard InChI is InChI=1S/C41H50N6O17S/c1-19(2)31(37(57)45-27(18-65)33(53)41(63)64)46-34(54)24(14-15-28(49)50)43-38(58)32(30(21-10-6-4-7-11-21)22-12-8-5-9-13-22)47-36(56)25(16-23(39(59)60)40(61)62)44-35(55)26(17-29(51)52)42-20(3)48/h4-13,19,23-27,30-32,65H,14-18H2,1-3H3,(H,42,48)(H,43,58)(H,44,55)(H,45,57)(H,46,54)(H,47,56)(H,49,50)(H,51,52)(H,59,60)(H,61,62)(H,63,64)/t24-,25+,26-,27-,31-,32-/m0/s1. The Labute approximate surface area is 375 Å². The fourth-order valence-electron chi connectivity index (χ4n) is 6.32. The van der Waals surface area contributed by atoms with Crippen LogP contribution in [0.25, 0.3) is 0 Å². The molecule has 0 aliphatic carbocycles. The lowest BCUT2D eigenvalue weighted by molar-refractivity contribution is -0.156. The van der Waals surface area contributed by atoms with Crippen LogP contribution in [0, 0.1) is 11.8 Å². The first-order valence-corrected chi connectivity index (χ1v) is 20.3. The maximum atomic E-state index is 14.7. The largest absolute Gasteiger partial charge is 0.481 e. The zero-order valence-electron chi connectivity index (χ0n) is 35.1. The molecule has 0 heterocycles. The Morgan fingerprint density at radius 1 is 0.538 bits per heavy atom. The summed E-state index contributed by atoms with van der Waals surface area (Å²) in [5, 5.41) is 61.0. The maximum Gasteiger partial charge on any atom is 0.374 e. The summed E-state index contributed by atoms with van der Waals surface area (Å²) >= 11 is 3.91. The molecular formula is C41H50N6O17S. The molecule has 0 radical (unpaired) electrons. The number of carboxylic acid groups (broad SMARTS) is 5. The van der Waals surface area contributed by atoms with Gasteiger partial charge in [-0.05, 0) is 23.5 Å². The molecule has 23 nitrogen and oxygen atoms in total. The van der Waals surface area contributed by atoms with Gasteiger partial charge in [0.25, 0.3) is 5.78 Å². The number of carbonyl (C=O) groups is 12. The van der Waals surface area contributed by atoms with Gasteiger partial charge in [0, 0.05) is 31.4 Å². The minimum atomic E-state index is -2.38. The highest BCUT2D eigenvalue weighted by Gasteiger charge is 2.40. The molecule has 352 valence electrons. The quantitative estimate of drug-likeness (QED) is 0.0276. The van der Waals surface area contributed by atoms with Crippen LogP contribution in [-0.4, -0.2) is 139 Å². The summed E-state index contributed by atoms with van der Waals surface area (Å²) in [7, 11) is 0. The van der Waals surface area contributed by atoms with E-state index in [1.807, 2.05) is 0 Å². The van der Waals surface area contributed by atoms with Gasteiger partial charge in [0.2, 0.25) is 35.4 Å².